The summed E-state index contributed by atoms with van der Waals surface area (Å²) in [6, 6.07) is 15.8. The third-order valence-electron chi connectivity index (χ3n) is 7.01. The van der Waals surface area contributed by atoms with Gasteiger partial charge in [0.1, 0.15) is 0 Å². The first-order chi connectivity index (χ1) is 23.3. The van der Waals surface area contributed by atoms with Crippen molar-refractivity contribution < 1.29 is 40.7 Å². The topological polar surface area (TPSA) is 153 Å². The van der Waals surface area contributed by atoms with Crippen LogP contribution in [0, 0.1) is 0 Å². The average Bonchev–Trinajstić information content (AvgIpc) is 3.49. The van der Waals surface area contributed by atoms with Crippen LogP contribution < -0.4 is 10.6 Å². The lowest BCUT2D eigenvalue weighted by Gasteiger charge is -2.18. The monoisotopic (exact) mass is 718 g/mol. The molecule has 0 unspecified atom stereocenters. The predicted octanol–water partition coefficient (Wildman–Crippen LogP) is 5.15. The van der Waals surface area contributed by atoms with E-state index in [1.54, 1.807) is 20.8 Å². The summed E-state index contributed by atoms with van der Waals surface area (Å²) < 4.78 is 73.9. The van der Waals surface area contributed by atoms with Crippen molar-refractivity contribution in [3.63, 3.8) is 0 Å². The number of rotatable bonds is 14. The molecular weight excluding hydrogens is 686 g/mol. The molecule has 2 amide bonds. The highest BCUT2D eigenvalue weighted by Gasteiger charge is 2.31. The minimum Gasteiger partial charge on any atom is -0.462 e. The van der Waals surface area contributed by atoms with E-state index in [1.807, 2.05) is 0 Å². The van der Waals surface area contributed by atoms with Crippen LogP contribution in [-0.2, 0) is 32.3 Å². The van der Waals surface area contributed by atoms with Crippen molar-refractivity contribution in [2.45, 2.75) is 43.5 Å². The molecule has 12 nitrogen and oxygen atoms in total. The Morgan fingerprint density at radius 2 is 1.57 bits per heavy atom. The minimum absolute atomic E-state index is 0.0245. The van der Waals surface area contributed by atoms with Gasteiger partial charge in [-0.05, 0) is 73.7 Å². The molecule has 17 heteroatoms. The van der Waals surface area contributed by atoms with Gasteiger partial charge in [-0.15, -0.1) is 10.2 Å². The van der Waals surface area contributed by atoms with E-state index in [-0.39, 0.29) is 59.1 Å². The number of anilines is 1. The highest BCUT2D eigenvalue weighted by atomic mass is 32.2. The third-order valence-corrected chi connectivity index (χ3v) is 10.0. The molecule has 260 valence electrons. The summed E-state index contributed by atoms with van der Waals surface area (Å²) in [5.74, 6) is -1.69. The first-order valence-corrected chi connectivity index (χ1v) is 17.4. The van der Waals surface area contributed by atoms with Crippen LogP contribution in [-0.4, -0.2) is 70.7 Å². The fourth-order valence-corrected chi connectivity index (χ4v) is 6.80. The number of aromatic nitrogens is 3. The number of nitrogens with zero attached hydrogens (tertiary/aromatic N) is 4. The van der Waals surface area contributed by atoms with Crippen LogP contribution in [0.2, 0.25) is 0 Å². The number of amides is 2. The van der Waals surface area contributed by atoms with Crippen molar-refractivity contribution in [1.29, 1.82) is 0 Å². The van der Waals surface area contributed by atoms with Crippen LogP contribution in [0.25, 0.3) is 5.69 Å². The second kappa shape index (κ2) is 16.1. The molecule has 0 atom stereocenters. The van der Waals surface area contributed by atoms with Gasteiger partial charge in [-0.3, -0.25) is 14.2 Å². The number of ether oxygens (including phenoxy) is 1. The molecule has 0 aliphatic heterocycles. The molecule has 0 radical (unpaired) electrons. The van der Waals surface area contributed by atoms with Crippen LogP contribution in [0.3, 0.4) is 0 Å². The molecule has 0 fully saturated rings. The molecule has 4 aromatic rings. The molecule has 0 spiro atoms. The number of thioether (sulfide) groups is 1. The number of halogens is 3. The molecule has 1 heterocycles. The zero-order chi connectivity index (χ0) is 35.8. The SMILES string of the molecule is CCOC(=O)c1ccc(NC(=O)CSc2nnc(CNC(=O)c3ccc(S(=O)(=O)N(CC)CC)cc3)n2-c2cccc(C(F)(F)F)c2)cc1. The summed E-state index contributed by atoms with van der Waals surface area (Å²) in [6.07, 6.45) is -4.64. The highest BCUT2D eigenvalue weighted by Crippen LogP contribution is 2.32. The van der Waals surface area contributed by atoms with E-state index in [4.69, 9.17) is 4.74 Å². The highest BCUT2D eigenvalue weighted by molar-refractivity contribution is 7.99. The number of hydrogen-bond donors (Lipinski definition) is 2. The van der Waals surface area contributed by atoms with Gasteiger partial charge in [0.2, 0.25) is 15.9 Å². The quantitative estimate of drug-likeness (QED) is 0.133. The van der Waals surface area contributed by atoms with Gasteiger partial charge >= 0.3 is 12.1 Å². The summed E-state index contributed by atoms with van der Waals surface area (Å²) in [5, 5.41) is 13.5. The molecule has 0 saturated heterocycles. The Hall–Kier alpha value is -4.74. The first-order valence-electron chi connectivity index (χ1n) is 15.0. The van der Waals surface area contributed by atoms with Crippen molar-refractivity contribution in [3.05, 3.63) is 95.3 Å². The van der Waals surface area contributed by atoms with E-state index >= 15 is 0 Å². The molecule has 4 rings (SSSR count). The molecule has 2 N–H and O–H groups in total. The summed E-state index contributed by atoms with van der Waals surface area (Å²) in [7, 11) is -3.73. The Kier molecular flexibility index (Phi) is 12.2. The molecule has 0 aliphatic rings. The molecule has 0 saturated carbocycles. The van der Waals surface area contributed by atoms with Crippen LogP contribution in [0.4, 0.5) is 18.9 Å². The average molecular weight is 719 g/mol. The van der Waals surface area contributed by atoms with Gasteiger partial charge in [0.15, 0.2) is 11.0 Å². The third kappa shape index (κ3) is 9.24. The fourth-order valence-electron chi connectivity index (χ4n) is 4.57. The number of carbonyl (C=O) groups excluding carboxylic acids is 3. The number of benzene rings is 3. The van der Waals surface area contributed by atoms with E-state index in [1.165, 1.54) is 69.5 Å². The maximum absolute atomic E-state index is 13.6. The molecule has 0 aliphatic carbocycles. The molecular formula is C32H33F3N6O6S2. The normalized spacial score (nSPS) is 11.7. The number of carbonyl (C=O) groups is 3. The van der Waals surface area contributed by atoms with Gasteiger partial charge in [-0.1, -0.05) is 31.7 Å². The Morgan fingerprint density at radius 3 is 2.18 bits per heavy atom. The number of sulfonamides is 1. The Balaban J connectivity index is 1.51. The van der Waals surface area contributed by atoms with Gasteiger partial charge < -0.3 is 15.4 Å². The van der Waals surface area contributed by atoms with Crippen molar-refractivity contribution in [2.75, 3.05) is 30.8 Å². The lowest BCUT2D eigenvalue weighted by Crippen LogP contribution is -2.30. The lowest BCUT2D eigenvalue weighted by atomic mass is 10.2. The van der Waals surface area contributed by atoms with Crippen molar-refractivity contribution in [2.24, 2.45) is 0 Å². The Bertz CT molecular complexity index is 1900. The number of hydrogen-bond acceptors (Lipinski definition) is 9. The molecule has 3 aromatic carbocycles. The summed E-state index contributed by atoms with van der Waals surface area (Å²) in [6.45, 7) is 5.64. The maximum Gasteiger partial charge on any atom is 0.416 e. The number of nitrogens with one attached hydrogen (secondary N) is 2. The van der Waals surface area contributed by atoms with Gasteiger partial charge in [0, 0.05) is 24.3 Å². The van der Waals surface area contributed by atoms with Gasteiger partial charge in [-0.25, -0.2) is 13.2 Å². The predicted molar refractivity (Wildman–Crippen MR) is 176 cm³/mol. The Labute approximate surface area is 285 Å². The van der Waals surface area contributed by atoms with E-state index in [0.717, 1.165) is 23.9 Å². The van der Waals surface area contributed by atoms with Crippen LogP contribution in [0.5, 0.6) is 0 Å². The maximum atomic E-state index is 13.6. The minimum atomic E-state index is -4.64. The summed E-state index contributed by atoms with van der Waals surface area (Å²) in [5.41, 5.74) is -0.0190. The van der Waals surface area contributed by atoms with E-state index in [9.17, 15) is 36.0 Å². The Morgan fingerprint density at radius 1 is 0.918 bits per heavy atom. The lowest BCUT2D eigenvalue weighted by molar-refractivity contribution is -0.137. The van der Waals surface area contributed by atoms with Crippen LogP contribution in [0.1, 0.15) is 52.9 Å². The summed E-state index contributed by atoms with van der Waals surface area (Å²) >= 11 is 0.907. The smallest absolute Gasteiger partial charge is 0.416 e. The van der Waals surface area contributed by atoms with Gasteiger partial charge in [0.05, 0.1) is 40.6 Å². The number of alkyl halides is 3. The van der Waals surface area contributed by atoms with Crippen molar-refractivity contribution >= 4 is 45.3 Å². The fraction of sp³-hybridized carbons (Fsp3) is 0.281. The van der Waals surface area contributed by atoms with Crippen LogP contribution in [0.15, 0.2) is 82.8 Å². The number of esters is 1. The standard InChI is InChI=1S/C32H33F3N6O6S2/c1-4-40(5-2)49(45,46)26-16-12-21(13-17-26)29(43)36-19-27-38-39-31(41(27)25-9-7-8-23(18-25)32(33,34)35)48-20-28(42)37-24-14-10-22(11-15-24)30(44)47-6-3/h7-18H,4-6,19-20H2,1-3H3,(H,36,43)(H,37,42). The van der Waals surface area contributed by atoms with Crippen molar-refractivity contribution in [3.8, 4) is 5.69 Å². The largest absolute Gasteiger partial charge is 0.462 e. The molecule has 49 heavy (non-hydrogen) atoms. The van der Waals surface area contributed by atoms with E-state index in [0.29, 0.717) is 11.3 Å². The molecule has 1 aromatic heterocycles. The van der Waals surface area contributed by atoms with Crippen molar-refractivity contribution in [1.82, 2.24) is 24.4 Å². The van der Waals surface area contributed by atoms with Crippen LogP contribution >= 0.6 is 11.8 Å². The second-order valence-corrected chi connectivity index (χ2v) is 13.1. The summed E-state index contributed by atoms with van der Waals surface area (Å²) in [4.78, 5) is 37.6. The zero-order valence-corrected chi connectivity index (χ0v) is 28.3. The zero-order valence-electron chi connectivity index (χ0n) is 26.7. The second-order valence-electron chi connectivity index (χ2n) is 10.2. The van der Waals surface area contributed by atoms with E-state index in [2.05, 4.69) is 20.8 Å². The van der Waals surface area contributed by atoms with E-state index < -0.39 is 39.5 Å². The van der Waals surface area contributed by atoms with Gasteiger partial charge in [0.25, 0.3) is 5.91 Å². The first kappa shape index (κ1) is 37.1. The molecule has 0 bridgehead atoms. The van der Waals surface area contributed by atoms with Gasteiger partial charge in [-0.2, -0.15) is 17.5 Å².